The molecule has 1 aromatic carbocycles. The summed E-state index contributed by atoms with van der Waals surface area (Å²) >= 11 is 0. The molecule has 4 nitrogen and oxygen atoms in total. The Balaban J connectivity index is 2.07. The number of fused-ring (bicyclic) bond motifs is 2. The van der Waals surface area contributed by atoms with Crippen molar-refractivity contribution in [1.29, 1.82) is 5.26 Å². The predicted molar refractivity (Wildman–Crippen MR) is 77.1 cm³/mol. The molecule has 0 saturated heterocycles. The quantitative estimate of drug-likeness (QED) is 0.787. The number of anilines is 1. The van der Waals surface area contributed by atoms with E-state index in [-0.39, 0.29) is 0 Å². The lowest BCUT2D eigenvalue weighted by atomic mass is 9.99. The Morgan fingerprint density at radius 2 is 2.25 bits per heavy atom. The van der Waals surface area contributed by atoms with Crippen molar-refractivity contribution in [2.75, 3.05) is 11.9 Å². The van der Waals surface area contributed by atoms with Crippen LogP contribution in [0.5, 0.6) is 11.6 Å². The van der Waals surface area contributed by atoms with Crippen LogP contribution in [0.4, 0.5) is 5.69 Å². The Hall–Kier alpha value is -2.54. The Morgan fingerprint density at radius 3 is 3.05 bits per heavy atom. The second-order valence-electron chi connectivity index (χ2n) is 4.76. The maximum Gasteiger partial charge on any atom is 0.224 e. The standard InChI is InChI=1S/C16H15N3O/c1-2-7-18-15-12(9-17)10-19-16-13(15)8-11-5-3-4-6-14(11)20-16/h3-6,10H,2,7-8H2,1H3,(H,18,19). The van der Waals surface area contributed by atoms with E-state index in [1.54, 1.807) is 6.20 Å². The molecule has 20 heavy (non-hydrogen) atoms. The van der Waals surface area contributed by atoms with Crippen LogP contribution in [0, 0.1) is 11.3 Å². The first-order chi connectivity index (χ1) is 9.83. The van der Waals surface area contributed by atoms with Crippen molar-refractivity contribution in [3.8, 4) is 17.7 Å². The fraction of sp³-hybridized carbons (Fsp3) is 0.250. The molecule has 2 heterocycles. The average Bonchev–Trinajstić information content (AvgIpc) is 2.50. The summed E-state index contributed by atoms with van der Waals surface area (Å²) in [5, 5.41) is 12.6. The minimum Gasteiger partial charge on any atom is -0.438 e. The largest absolute Gasteiger partial charge is 0.438 e. The highest BCUT2D eigenvalue weighted by Gasteiger charge is 2.22. The Labute approximate surface area is 118 Å². The second kappa shape index (κ2) is 5.22. The second-order valence-corrected chi connectivity index (χ2v) is 4.76. The van der Waals surface area contributed by atoms with Crippen molar-refractivity contribution in [3.63, 3.8) is 0 Å². The lowest BCUT2D eigenvalue weighted by molar-refractivity contribution is 0.441. The van der Waals surface area contributed by atoms with Crippen LogP contribution < -0.4 is 10.1 Å². The molecule has 3 rings (SSSR count). The molecule has 0 fully saturated rings. The van der Waals surface area contributed by atoms with E-state index in [1.165, 1.54) is 0 Å². The summed E-state index contributed by atoms with van der Waals surface area (Å²) in [6.07, 6.45) is 3.31. The Kier molecular flexibility index (Phi) is 3.26. The van der Waals surface area contributed by atoms with Gasteiger partial charge in [-0.25, -0.2) is 4.98 Å². The summed E-state index contributed by atoms with van der Waals surface area (Å²) < 4.78 is 5.84. The molecule has 0 radical (unpaired) electrons. The molecule has 0 aliphatic carbocycles. The highest BCUT2D eigenvalue weighted by molar-refractivity contribution is 5.67. The van der Waals surface area contributed by atoms with Gasteiger partial charge in [0.2, 0.25) is 5.88 Å². The van der Waals surface area contributed by atoms with Crippen molar-refractivity contribution >= 4 is 5.69 Å². The number of pyridine rings is 1. The van der Waals surface area contributed by atoms with Crippen molar-refractivity contribution in [1.82, 2.24) is 4.98 Å². The molecule has 1 aliphatic rings. The summed E-state index contributed by atoms with van der Waals surface area (Å²) in [5.74, 6) is 1.44. The molecule has 0 atom stereocenters. The van der Waals surface area contributed by atoms with E-state index in [0.717, 1.165) is 42.0 Å². The maximum atomic E-state index is 9.24. The number of hydrogen-bond acceptors (Lipinski definition) is 4. The number of nitriles is 1. The molecule has 1 N–H and O–H groups in total. The lowest BCUT2D eigenvalue weighted by Gasteiger charge is -2.22. The number of aromatic nitrogens is 1. The van der Waals surface area contributed by atoms with E-state index in [4.69, 9.17) is 4.74 Å². The molecule has 0 amide bonds. The molecule has 100 valence electrons. The number of benzene rings is 1. The average molecular weight is 265 g/mol. The first-order valence-corrected chi connectivity index (χ1v) is 6.75. The third kappa shape index (κ3) is 2.08. The fourth-order valence-corrected chi connectivity index (χ4v) is 2.37. The Morgan fingerprint density at radius 1 is 1.40 bits per heavy atom. The maximum absolute atomic E-state index is 9.24. The smallest absolute Gasteiger partial charge is 0.224 e. The van der Waals surface area contributed by atoms with Gasteiger partial charge >= 0.3 is 0 Å². The van der Waals surface area contributed by atoms with Crippen molar-refractivity contribution in [2.24, 2.45) is 0 Å². The van der Waals surface area contributed by atoms with Crippen molar-refractivity contribution in [2.45, 2.75) is 19.8 Å². The van der Waals surface area contributed by atoms with Gasteiger partial charge < -0.3 is 10.1 Å². The van der Waals surface area contributed by atoms with Gasteiger partial charge in [0.05, 0.1) is 17.4 Å². The molecule has 0 saturated carbocycles. The summed E-state index contributed by atoms with van der Waals surface area (Å²) in [5.41, 5.74) is 3.52. The Bertz CT molecular complexity index is 689. The molecular formula is C16H15N3O. The third-order valence-electron chi connectivity index (χ3n) is 3.36. The van der Waals surface area contributed by atoms with Gasteiger partial charge in [0, 0.05) is 18.5 Å². The molecule has 1 aliphatic heterocycles. The first kappa shape index (κ1) is 12.5. The molecular weight excluding hydrogens is 250 g/mol. The third-order valence-corrected chi connectivity index (χ3v) is 3.36. The van der Waals surface area contributed by atoms with Crippen molar-refractivity contribution < 1.29 is 4.74 Å². The highest BCUT2D eigenvalue weighted by atomic mass is 16.5. The van der Waals surface area contributed by atoms with Gasteiger partial charge in [-0.05, 0) is 18.1 Å². The van der Waals surface area contributed by atoms with Crippen LogP contribution >= 0.6 is 0 Å². The number of hydrogen-bond donors (Lipinski definition) is 1. The number of rotatable bonds is 3. The fourth-order valence-electron chi connectivity index (χ4n) is 2.37. The number of nitrogens with one attached hydrogen (secondary N) is 1. The van der Waals surface area contributed by atoms with Crippen LogP contribution in [0.15, 0.2) is 30.5 Å². The van der Waals surface area contributed by atoms with E-state index < -0.39 is 0 Å². The first-order valence-electron chi connectivity index (χ1n) is 6.75. The predicted octanol–water partition coefficient (Wildman–Crippen LogP) is 3.47. The molecule has 0 spiro atoms. The van der Waals surface area contributed by atoms with Gasteiger partial charge in [0.25, 0.3) is 0 Å². The lowest BCUT2D eigenvalue weighted by Crippen LogP contribution is -2.11. The number of para-hydroxylation sites is 1. The van der Waals surface area contributed by atoms with E-state index in [2.05, 4.69) is 23.3 Å². The van der Waals surface area contributed by atoms with E-state index in [1.807, 2.05) is 24.3 Å². The zero-order chi connectivity index (χ0) is 13.9. The van der Waals surface area contributed by atoms with Gasteiger partial charge in [0.1, 0.15) is 11.8 Å². The normalized spacial score (nSPS) is 11.8. The monoisotopic (exact) mass is 265 g/mol. The van der Waals surface area contributed by atoms with Crippen LogP contribution in [0.25, 0.3) is 0 Å². The molecule has 4 heteroatoms. The van der Waals surface area contributed by atoms with Crippen LogP contribution in [-0.4, -0.2) is 11.5 Å². The zero-order valence-corrected chi connectivity index (χ0v) is 11.3. The van der Waals surface area contributed by atoms with Gasteiger partial charge in [-0.1, -0.05) is 25.1 Å². The molecule has 1 aromatic heterocycles. The summed E-state index contributed by atoms with van der Waals surface area (Å²) in [4.78, 5) is 4.27. The van der Waals surface area contributed by atoms with Crippen molar-refractivity contribution in [3.05, 3.63) is 47.2 Å². The van der Waals surface area contributed by atoms with Crippen LogP contribution in [-0.2, 0) is 6.42 Å². The van der Waals surface area contributed by atoms with E-state index >= 15 is 0 Å². The summed E-state index contributed by atoms with van der Waals surface area (Å²) in [6, 6.07) is 10.1. The molecule has 0 unspecified atom stereocenters. The van der Waals surface area contributed by atoms with Gasteiger partial charge in [-0.3, -0.25) is 0 Å². The van der Waals surface area contributed by atoms with Gasteiger partial charge in [-0.2, -0.15) is 5.26 Å². The van der Waals surface area contributed by atoms with Gasteiger partial charge in [0.15, 0.2) is 0 Å². The SMILES string of the molecule is CCCNc1c(C#N)cnc2c1Cc1ccccc1O2. The summed E-state index contributed by atoms with van der Waals surface area (Å²) in [6.45, 7) is 2.92. The molecule has 2 aromatic rings. The van der Waals surface area contributed by atoms with Crippen LogP contribution in [0.3, 0.4) is 0 Å². The highest BCUT2D eigenvalue weighted by Crippen LogP contribution is 2.39. The minimum atomic E-state index is 0.570. The zero-order valence-electron chi connectivity index (χ0n) is 11.3. The molecule has 0 bridgehead atoms. The topological polar surface area (TPSA) is 57.9 Å². The number of nitrogens with zero attached hydrogens (tertiary/aromatic N) is 2. The minimum absolute atomic E-state index is 0.570. The van der Waals surface area contributed by atoms with Gasteiger partial charge in [-0.15, -0.1) is 0 Å². The number of ether oxygens (including phenoxy) is 1. The summed E-state index contributed by atoms with van der Waals surface area (Å²) in [7, 11) is 0. The van der Waals surface area contributed by atoms with Crippen LogP contribution in [0.2, 0.25) is 0 Å². The van der Waals surface area contributed by atoms with Crippen LogP contribution in [0.1, 0.15) is 30.0 Å². The van der Waals surface area contributed by atoms with E-state index in [9.17, 15) is 5.26 Å². The van der Waals surface area contributed by atoms with E-state index in [0.29, 0.717) is 11.4 Å².